The quantitative estimate of drug-likeness (QED) is 0.671. The van der Waals surface area contributed by atoms with Crippen LogP contribution in [0.3, 0.4) is 0 Å². The lowest BCUT2D eigenvalue weighted by Gasteiger charge is -2.04. The maximum absolute atomic E-state index is 9.71. The summed E-state index contributed by atoms with van der Waals surface area (Å²) in [6.45, 7) is 4.02. The Morgan fingerprint density at radius 2 is 2.25 bits per heavy atom. The van der Waals surface area contributed by atoms with Gasteiger partial charge in [0.15, 0.2) is 17.3 Å². The molecule has 20 heavy (non-hydrogen) atoms. The molecule has 0 radical (unpaired) electrons. The van der Waals surface area contributed by atoms with E-state index in [0.717, 1.165) is 11.4 Å². The molecular formula is C13H16N4O2S. The van der Waals surface area contributed by atoms with E-state index in [-0.39, 0.29) is 11.7 Å². The minimum Gasteiger partial charge on any atom is -0.504 e. The third-order valence-electron chi connectivity index (χ3n) is 2.72. The summed E-state index contributed by atoms with van der Waals surface area (Å²) in [7, 11) is 1.50. The van der Waals surface area contributed by atoms with Gasteiger partial charge in [-0.1, -0.05) is 13.8 Å². The lowest BCUT2D eigenvalue weighted by atomic mass is 10.2. The number of rotatable bonds is 4. The first-order valence-electron chi connectivity index (χ1n) is 6.11. The van der Waals surface area contributed by atoms with Crippen molar-refractivity contribution in [2.24, 2.45) is 5.10 Å². The van der Waals surface area contributed by atoms with E-state index in [9.17, 15) is 5.11 Å². The van der Waals surface area contributed by atoms with Crippen molar-refractivity contribution in [2.75, 3.05) is 7.11 Å². The van der Waals surface area contributed by atoms with E-state index >= 15 is 0 Å². The highest BCUT2D eigenvalue weighted by Gasteiger charge is 2.08. The second kappa shape index (κ2) is 5.87. The van der Waals surface area contributed by atoms with Gasteiger partial charge in [0.25, 0.3) is 0 Å². The molecule has 0 amide bonds. The van der Waals surface area contributed by atoms with Gasteiger partial charge in [-0.3, -0.25) is 5.10 Å². The van der Waals surface area contributed by atoms with Gasteiger partial charge in [0, 0.05) is 5.92 Å². The lowest BCUT2D eigenvalue weighted by molar-refractivity contribution is 0.373. The largest absolute Gasteiger partial charge is 0.504 e. The number of benzene rings is 1. The van der Waals surface area contributed by atoms with Crippen LogP contribution in [0.15, 0.2) is 23.3 Å². The minimum atomic E-state index is 0.0660. The zero-order chi connectivity index (χ0) is 14.7. The second-order valence-corrected chi connectivity index (χ2v) is 4.92. The Labute approximate surface area is 121 Å². The summed E-state index contributed by atoms with van der Waals surface area (Å²) in [5.41, 5.74) is 0.737. The number of methoxy groups -OCH3 is 1. The van der Waals surface area contributed by atoms with E-state index in [0.29, 0.717) is 10.5 Å². The number of aromatic amines is 1. The van der Waals surface area contributed by atoms with Crippen molar-refractivity contribution >= 4 is 18.4 Å². The van der Waals surface area contributed by atoms with Gasteiger partial charge in [-0.05, 0) is 36.0 Å². The van der Waals surface area contributed by atoms with Gasteiger partial charge in [-0.15, -0.1) is 0 Å². The lowest BCUT2D eigenvalue weighted by Crippen LogP contribution is -2.00. The fourth-order valence-electron chi connectivity index (χ4n) is 1.70. The van der Waals surface area contributed by atoms with Crippen molar-refractivity contribution in [3.05, 3.63) is 34.4 Å². The second-order valence-electron chi connectivity index (χ2n) is 4.53. The molecule has 0 spiro atoms. The Morgan fingerprint density at radius 1 is 1.50 bits per heavy atom. The molecule has 106 valence electrons. The average molecular weight is 292 g/mol. The Hall–Kier alpha value is -2.15. The third-order valence-corrected chi connectivity index (χ3v) is 2.98. The number of phenols is 1. The van der Waals surface area contributed by atoms with Crippen LogP contribution in [-0.2, 0) is 0 Å². The standard InChI is InChI=1S/C13H16N4O2S/c1-8(2)12-15-16-13(20)17(12)14-7-9-4-5-11(19-3)10(18)6-9/h4-8,18H,1-3H3,(H,16,20)/b14-7-. The number of hydrogen-bond acceptors (Lipinski definition) is 5. The minimum absolute atomic E-state index is 0.0660. The molecule has 1 heterocycles. The molecule has 0 aliphatic carbocycles. The van der Waals surface area contributed by atoms with Gasteiger partial charge < -0.3 is 9.84 Å². The van der Waals surface area contributed by atoms with Gasteiger partial charge in [-0.2, -0.15) is 14.9 Å². The molecule has 0 saturated carbocycles. The van der Waals surface area contributed by atoms with E-state index in [1.165, 1.54) is 7.11 Å². The van der Waals surface area contributed by atoms with Crippen molar-refractivity contribution < 1.29 is 9.84 Å². The maximum Gasteiger partial charge on any atom is 0.216 e. The molecule has 0 aliphatic heterocycles. The van der Waals surface area contributed by atoms with E-state index in [4.69, 9.17) is 17.0 Å². The van der Waals surface area contributed by atoms with Gasteiger partial charge in [0.05, 0.1) is 13.3 Å². The van der Waals surface area contributed by atoms with Crippen LogP contribution < -0.4 is 4.74 Å². The summed E-state index contributed by atoms with van der Waals surface area (Å²) in [5, 5.41) is 20.9. The highest BCUT2D eigenvalue weighted by molar-refractivity contribution is 7.71. The van der Waals surface area contributed by atoms with Crippen molar-refractivity contribution in [3.8, 4) is 11.5 Å². The van der Waals surface area contributed by atoms with Crippen molar-refractivity contribution in [1.82, 2.24) is 14.9 Å². The van der Waals surface area contributed by atoms with Crippen LogP contribution >= 0.6 is 12.2 Å². The van der Waals surface area contributed by atoms with E-state index < -0.39 is 0 Å². The van der Waals surface area contributed by atoms with Crippen molar-refractivity contribution in [2.45, 2.75) is 19.8 Å². The molecule has 0 atom stereocenters. The predicted octanol–water partition coefficient (Wildman–Crippen LogP) is 2.66. The molecular weight excluding hydrogens is 276 g/mol. The summed E-state index contributed by atoms with van der Waals surface area (Å²) in [6.07, 6.45) is 1.61. The van der Waals surface area contributed by atoms with Crippen LogP contribution in [0, 0.1) is 4.77 Å². The van der Waals surface area contributed by atoms with Crippen LogP contribution in [-0.4, -0.2) is 33.3 Å². The molecule has 0 saturated heterocycles. The smallest absolute Gasteiger partial charge is 0.216 e. The highest BCUT2D eigenvalue weighted by atomic mass is 32.1. The van der Waals surface area contributed by atoms with Crippen molar-refractivity contribution in [1.29, 1.82) is 0 Å². The Bertz CT molecular complexity index is 688. The summed E-state index contributed by atoms with van der Waals surface area (Å²) < 4.78 is 6.99. The number of phenolic OH excluding ortho intramolecular Hbond substituents is 1. The predicted molar refractivity (Wildman–Crippen MR) is 79.2 cm³/mol. The Kier molecular flexibility index (Phi) is 4.19. The normalized spacial score (nSPS) is 11.4. The first-order chi connectivity index (χ1) is 9.52. The Morgan fingerprint density at radius 3 is 2.85 bits per heavy atom. The number of hydrogen-bond donors (Lipinski definition) is 2. The molecule has 1 aromatic carbocycles. The SMILES string of the molecule is COc1ccc(/C=N\n2c(C(C)C)n[nH]c2=S)cc1O. The molecule has 0 aliphatic rings. The topological polar surface area (TPSA) is 75.4 Å². The molecule has 2 aromatic rings. The monoisotopic (exact) mass is 292 g/mol. The first-order valence-corrected chi connectivity index (χ1v) is 6.52. The van der Waals surface area contributed by atoms with Crippen LogP contribution in [0.1, 0.15) is 31.2 Å². The summed E-state index contributed by atoms with van der Waals surface area (Å²) >= 11 is 5.13. The summed E-state index contributed by atoms with van der Waals surface area (Å²) in [5.74, 6) is 1.44. The van der Waals surface area contributed by atoms with E-state index in [1.807, 2.05) is 13.8 Å². The number of ether oxygens (including phenoxy) is 1. The third kappa shape index (κ3) is 2.88. The average Bonchev–Trinajstić information content (AvgIpc) is 2.78. The van der Waals surface area contributed by atoms with Gasteiger partial charge in [-0.25, -0.2) is 0 Å². The van der Waals surface area contributed by atoms with Crippen LogP contribution in [0.4, 0.5) is 0 Å². The molecule has 2 N–H and O–H groups in total. The maximum atomic E-state index is 9.71. The molecule has 1 aromatic heterocycles. The fraction of sp³-hybridized carbons (Fsp3) is 0.308. The molecule has 6 nitrogen and oxygen atoms in total. The zero-order valence-corrected chi connectivity index (χ0v) is 12.3. The molecule has 0 bridgehead atoms. The number of aromatic nitrogens is 3. The fourth-order valence-corrected chi connectivity index (χ4v) is 1.89. The summed E-state index contributed by atoms with van der Waals surface area (Å²) in [4.78, 5) is 0. The van der Waals surface area contributed by atoms with Crippen molar-refractivity contribution in [3.63, 3.8) is 0 Å². The highest BCUT2D eigenvalue weighted by Crippen LogP contribution is 2.25. The number of nitrogens with one attached hydrogen (secondary N) is 1. The molecule has 2 rings (SSSR count). The number of aromatic hydroxyl groups is 1. The first kappa shape index (κ1) is 14.3. The molecule has 0 fully saturated rings. The van der Waals surface area contributed by atoms with Crippen LogP contribution in [0.25, 0.3) is 0 Å². The van der Waals surface area contributed by atoms with Gasteiger partial charge >= 0.3 is 0 Å². The molecule has 0 unspecified atom stereocenters. The van der Waals surface area contributed by atoms with Gasteiger partial charge in [0.1, 0.15) is 0 Å². The molecule has 7 heteroatoms. The van der Waals surface area contributed by atoms with Crippen LogP contribution in [0.5, 0.6) is 11.5 Å². The van der Waals surface area contributed by atoms with Crippen LogP contribution in [0.2, 0.25) is 0 Å². The summed E-state index contributed by atoms with van der Waals surface area (Å²) in [6, 6.07) is 5.04. The number of H-pyrrole nitrogens is 1. The van der Waals surface area contributed by atoms with E-state index in [2.05, 4.69) is 15.3 Å². The van der Waals surface area contributed by atoms with Gasteiger partial charge in [0.2, 0.25) is 4.77 Å². The Balaban J connectivity index is 2.32. The zero-order valence-electron chi connectivity index (χ0n) is 11.5. The number of nitrogens with zero attached hydrogens (tertiary/aromatic N) is 3. The van der Waals surface area contributed by atoms with E-state index in [1.54, 1.807) is 29.1 Å².